The van der Waals surface area contributed by atoms with E-state index in [-0.39, 0.29) is 35.4 Å². The van der Waals surface area contributed by atoms with Crippen LogP contribution in [0.25, 0.3) is 0 Å². The average Bonchev–Trinajstić information content (AvgIpc) is 3.37. The van der Waals surface area contributed by atoms with Gasteiger partial charge in [-0.05, 0) is 84.7 Å². The van der Waals surface area contributed by atoms with Crippen molar-refractivity contribution in [2.75, 3.05) is 9.80 Å². The molecule has 3 aromatic rings. The lowest BCUT2D eigenvalue weighted by Crippen LogP contribution is -2.60. The summed E-state index contributed by atoms with van der Waals surface area (Å²) in [6.07, 6.45) is 1.68. The molecular formula is C33H26BCl2FN2O7. The average molecular weight is 663 g/mol. The summed E-state index contributed by atoms with van der Waals surface area (Å²) in [5, 5.41) is 29.7. The molecule has 0 aromatic heterocycles. The van der Waals surface area contributed by atoms with E-state index in [0.29, 0.717) is 16.7 Å². The van der Waals surface area contributed by atoms with Crippen molar-refractivity contribution in [3.05, 3.63) is 95.3 Å². The molecule has 0 radical (unpaired) electrons. The van der Waals surface area contributed by atoms with E-state index in [1.807, 2.05) is 0 Å². The quantitative estimate of drug-likeness (QED) is 0.169. The number of amides is 4. The number of aryl methyl sites for hydroxylation is 1. The molecule has 9 nitrogen and oxygen atoms in total. The van der Waals surface area contributed by atoms with E-state index in [9.17, 15) is 38.7 Å². The van der Waals surface area contributed by atoms with Crippen molar-refractivity contribution in [3.8, 4) is 5.75 Å². The van der Waals surface area contributed by atoms with Gasteiger partial charge in [-0.1, -0.05) is 35.9 Å². The molecule has 13 heteroatoms. The minimum Gasteiger partial charge on any atom is -0.508 e. The number of fused-ring (bicyclic) bond motifs is 4. The second kappa shape index (κ2) is 10.5. The van der Waals surface area contributed by atoms with Gasteiger partial charge in [0.1, 0.15) is 11.6 Å². The van der Waals surface area contributed by atoms with E-state index in [2.05, 4.69) is 0 Å². The molecule has 3 N–H and O–H groups in total. The first-order valence-corrected chi connectivity index (χ1v) is 15.4. The Bertz CT molecular complexity index is 1890. The van der Waals surface area contributed by atoms with Crippen LogP contribution in [0.3, 0.4) is 0 Å². The molecule has 2 saturated heterocycles. The molecule has 2 aliphatic carbocycles. The fourth-order valence-corrected chi connectivity index (χ4v) is 8.64. The lowest BCUT2D eigenvalue weighted by molar-refractivity contribution is -0.125. The number of benzene rings is 3. The largest absolute Gasteiger partial charge is 0.508 e. The smallest absolute Gasteiger partial charge is 0.488 e. The highest BCUT2D eigenvalue weighted by Gasteiger charge is 2.76. The zero-order valence-corrected chi connectivity index (χ0v) is 25.7. The molecular weight excluding hydrogens is 637 g/mol. The molecule has 2 heterocycles. The van der Waals surface area contributed by atoms with Gasteiger partial charge >= 0.3 is 7.12 Å². The zero-order chi connectivity index (χ0) is 32.9. The Morgan fingerprint density at radius 2 is 1.59 bits per heavy atom. The molecule has 4 aliphatic rings. The van der Waals surface area contributed by atoms with Crippen LogP contribution in [0.1, 0.15) is 29.9 Å². The van der Waals surface area contributed by atoms with Gasteiger partial charge in [-0.2, -0.15) is 0 Å². The molecule has 3 aromatic carbocycles. The monoisotopic (exact) mass is 662 g/mol. The van der Waals surface area contributed by atoms with Crippen molar-refractivity contribution in [2.24, 2.45) is 17.8 Å². The number of carbonyl (C=O) groups excluding carboxylic acids is 4. The van der Waals surface area contributed by atoms with Crippen LogP contribution >= 0.6 is 23.2 Å². The topological polar surface area (TPSA) is 135 Å². The van der Waals surface area contributed by atoms with Crippen LogP contribution in [0.4, 0.5) is 15.8 Å². The molecule has 46 heavy (non-hydrogen) atoms. The van der Waals surface area contributed by atoms with Crippen LogP contribution in [-0.2, 0) is 19.2 Å². The van der Waals surface area contributed by atoms with Crippen LogP contribution in [0, 0.1) is 30.5 Å². The highest BCUT2D eigenvalue weighted by Crippen LogP contribution is 2.66. The standard InChI is InChI=1S/C33H26BCl2FN2O7/c1-16-13-17(5-12-25(16)40)27-22-10-11-23-26(29(42)38(28(23)41)21-4-2-3-18(14-21)34(45)46)24(22)15-32(35)30(43)39(31(44)33(27,32)36)20-8-6-19(37)7-9-20/h2-10,12-14,23-24,26-27,40,45-46H,11,15H2,1H3/t23-,24+,26-,27-,32+,33-/m0/s1. The van der Waals surface area contributed by atoms with Crippen molar-refractivity contribution in [3.63, 3.8) is 0 Å². The van der Waals surface area contributed by atoms with Crippen LogP contribution < -0.4 is 15.3 Å². The van der Waals surface area contributed by atoms with E-state index < -0.39 is 70.0 Å². The van der Waals surface area contributed by atoms with Gasteiger partial charge in [0.2, 0.25) is 11.8 Å². The van der Waals surface area contributed by atoms with E-state index in [1.165, 1.54) is 42.5 Å². The normalized spacial score (nSPS) is 30.3. The Balaban J connectivity index is 1.38. The number of phenolic OH excluding ortho intramolecular Hbond substituents is 1. The number of rotatable bonds is 4. The second-order valence-electron chi connectivity index (χ2n) is 12.3. The molecule has 7 rings (SSSR count). The van der Waals surface area contributed by atoms with Crippen LogP contribution in [0.2, 0.25) is 0 Å². The van der Waals surface area contributed by atoms with E-state index in [4.69, 9.17) is 23.2 Å². The fraction of sp³-hybridized carbons (Fsp3) is 0.273. The second-order valence-corrected chi connectivity index (χ2v) is 13.5. The van der Waals surface area contributed by atoms with E-state index in [1.54, 1.807) is 25.1 Å². The summed E-state index contributed by atoms with van der Waals surface area (Å²) in [5.74, 6) is -6.87. The maximum Gasteiger partial charge on any atom is 0.488 e. The molecule has 6 atom stereocenters. The number of aromatic hydroxyl groups is 1. The first-order valence-electron chi connectivity index (χ1n) is 14.7. The summed E-state index contributed by atoms with van der Waals surface area (Å²) >= 11 is 14.7. The Kier molecular flexibility index (Phi) is 6.99. The summed E-state index contributed by atoms with van der Waals surface area (Å²) in [4.78, 5) is 54.4. The van der Waals surface area contributed by atoms with Gasteiger partial charge in [0.25, 0.3) is 11.8 Å². The highest BCUT2D eigenvalue weighted by molar-refractivity contribution is 6.59. The molecule has 234 valence electrons. The van der Waals surface area contributed by atoms with Gasteiger partial charge in [-0.25, -0.2) is 9.29 Å². The molecule has 4 amide bonds. The Morgan fingerprint density at radius 3 is 2.26 bits per heavy atom. The summed E-state index contributed by atoms with van der Waals surface area (Å²) in [6.45, 7) is 1.67. The SMILES string of the molecule is Cc1cc([C@H]2C3=CC[C@@H]4C(=O)N(c5cccc(B(O)O)c5)C(=O)[C@@H]4[C@@H]3C[C@@]3(Cl)C(=O)N(c4ccc(F)cc4)C(=O)[C@@]23Cl)ccc1O. The van der Waals surface area contributed by atoms with Crippen LogP contribution in [0.15, 0.2) is 78.4 Å². The van der Waals surface area contributed by atoms with Gasteiger partial charge in [0, 0.05) is 5.92 Å². The predicted molar refractivity (Wildman–Crippen MR) is 168 cm³/mol. The van der Waals surface area contributed by atoms with Crippen molar-refractivity contribution in [1.82, 2.24) is 0 Å². The number of imide groups is 2. The van der Waals surface area contributed by atoms with Gasteiger partial charge in [0.15, 0.2) is 9.75 Å². The van der Waals surface area contributed by atoms with Crippen LogP contribution in [0.5, 0.6) is 5.75 Å². The van der Waals surface area contributed by atoms with E-state index >= 15 is 0 Å². The lowest BCUT2D eigenvalue weighted by Gasteiger charge is -2.50. The first kappa shape index (κ1) is 30.6. The third kappa shape index (κ3) is 4.08. The minimum atomic E-state index is -2.09. The van der Waals surface area contributed by atoms with E-state index in [0.717, 1.165) is 21.9 Å². The minimum absolute atomic E-state index is 0.00115. The number of hydrogen-bond acceptors (Lipinski definition) is 7. The van der Waals surface area contributed by atoms with Crippen LogP contribution in [-0.4, -0.2) is 55.7 Å². The first-order chi connectivity index (χ1) is 21.8. The van der Waals surface area contributed by atoms with Crippen molar-refractivity contribution in [1.29, 1.82) is 0 Å². The predicted octanol–water partition coefficient (Wildman–Crippen LogP) is 3.29. The maximum absolute atomic E-state index is 14.4. The summed E-state index contributed by atoms with van der Waals surface area (Å²) < 4.78 is 13.8. The summed E-state index contributed by atoms with van der Waals surface area (Å²) in [5.41, 5.74) is 1.86. The third-order valence-electron chi connectivity index (χ3n) is 9.88. The van der Waals surface area contributed by atoms with Crippen molar-refractivity contribution >= 4 is 70.8 Å². The molecule has 0 spiro atoms. The molecule has 1 saturated carbocycles. The Labute approximate surface area is 273 Å². The van der Waals surface area contributed by atoms with Gasteiger partial charge < -0.3 is 15.2 Å². The number of alkyl halides is 2. The number of carbonyl (C=O) groups is 4. The summed E-state index contributed by atoms with van der Waals surface area (Å²) in [7, 11) is -1.82. The molecule has 2 aliphatic heterocycles. The number of halogens is 3. The Morgan fingerprint density at radius 1 is 0.870 bits per heavy atom. The van der Waals surface area contributed by atoms with Crippen molar-refractivity contribution < 1.29 is 38.7 Å². The fourth-order valence-electron chi connectivity index (χ4n) is 7.71. The lowest BCUT2D eigenvalue weighted by atomic mass is 9.56. The van der Waals surface area contributed by atoms with Crippen molar-refractivity contribution in [2.45, 2.75) is 35.4 Å². The molecule has 0 bridgehead atoms. The number of nitrogens with zero attached hydrogens (tertiary/aromatic N) is 2. The van der Waals surface area contributed by atoms with Gasteiger partial charge in [-0.3, -0.25) is 24.1 Å². The summed E-state index contributed by atoms with van der Waals surface area (Å²) in [6, 6.07) is 15.3. The number of allylic oxidation sites excluding steroid dienone is 2. The molecule has 0 unspecified atom stereocenters. The third-order valence-corrected chi connectivity index (χ3v) is 11.3. The highest BCUT2D eigenvalue weighted by atomic mass is 35.5. The number of hydrogen-bond donors (Lipinski definition) is 3. The van der Waals surface area contributed by atoms with Gasteiger partial charge in [-0.15, -0.1) is 23.2 Å². The Hall–Kier alpha value is -4.03. The number of phenols is 1. The number of anilines is 2. The molecule has 3 fully saturated rings. The van der Waals surface area contributed by atoms with Gasteiger partial charge in [0.05, 0.1) is 23.2 Å². The zero-order valence-electron chi connectivity index (χ0n) is 24.2. The maximum atomic E-state index is 14.4.